The number of benzene rings is 1. The first-order valence-corrected chi connectivity index (χ1v) is 10.7. The van der Waals surface area contributed by atoms with E-state index in [1.54, 1.807) is 17.2 Å². The van der Waals surface area contributed by atoms with Gasteiger partial charge in [-0.05, 0) is 42.7 Å². The molecule has 0 bridgehead atoms. The van der Waals surface area contributed by atoms with Gasteiger partial charge in [0.1, 0.15) is 5.76 Å². The molecule has 3 amide bonds. The largest absolute Gasteiger partial charge is 0.467 e. The number of carbonyl (C=O) groups is 2. The minimum atomic E-state index is -0.263. The first kappa shape index (κ1) is 21.1. The number of amides is 3. The number of urea groups is 1. The van der Waals surface area contributed by atoms with Crippen molar-refractivity contribution in [3.05, 3.63) is 47.9 Å². The molecule has 2 aromatic rings. The zero-order valence-corrected chi connectivity index (χ0v) is 18.0. The molecule has 1 saturated heterocycles. The Kier molecular flexibility index (Phi) is 6.06. The first-order valence-electron chi connectivity index (χ1n) is 10.7. The molecular weight excluding hydrogens is 398 g/mol. The summed E-state index contributed by atoms with van der Waals surface area (Å²) in [5, 5.41) is 5.96. The van der Waals surface area contributed by atoms with Crippen LogP contribution in [0.5, 0.6) is 11.5 Å². The summed E-state index contributed by atoms with van der Waals surface area (Å²) in [7, 11) is 0. The van der Waals surface area contributed by atoms with E-state index >= 15 is 0 Å². The van der Waals surface area contributed by atoms with Crippen molar-refractivity contribution in [3.63, 3.8) is 0 Å². The van der Waals surface area contributed by atoms with E-state index in [2.05, 4.69) is 24.5 Å². The molecule has 0 saturated carbocycles. The molecule has 0 atom stereocenters. The lowest BCUT2D eigenvalue weighted by Crippen LogP contribution is -2.49. The van der Waals surface area contributed by atoms with Gasteiger partial charge in [-0.15, -0.1) is 0 Å². The quantitative estimate of drug-likeness (QED) is 0.739. The van der Waals surface area contributed by atoms with Gasteiger partial charge in [0.15, 0.2) is 11.5 Å². The van der Waals surface area contributed by atoms with Gasteiger partial charge in [0.2, 0.25) is 12.7 Å². The molecule has 166 valence electrons. The number of rotatable bonds is 6. The van der Waals surface area contributed by atoms with Gasteiger partial charge in [-0.1, -0.05) is 19.9 Å². The molecule has 4 rings (SSSR count). The number of furan rings is 1. The molecule has 0 aliphatic carbocycles. The summed E-state index contributed by atoms with van der Waals surface area (Å²) in [5.74, 6) is 2.16. The summed E-state index contributed by atoms with van der Waals surface area (Å²) in [6, 6.07) is 9.42. The molecule has 1 aromatic carbocycles. The zero-order valence-electron chi connectivity index (χ0n) is 18.0. The summed E-state index contributed by atoms with van der Waals surface area (Å²) >= 11 is 0. The van der Waals surface area contributed by atoms with Crippen molar-refractivity contribution in [2.24, 2.45) is 5.92 Å². The molecule has 1 aromatic heterocycles. The van der Waals surface area contributed by atoms with Gasteiger partial charge in [0.05, 0.1) is 12.8 Å². The number of carbonyl (C=O) groups excluding carboxylic acids is 2. The molecular formula is C23H29N3O5. The second kappa shape index (κ2) is 8.91. The van der Waals surface area contributed by atoms with E-state index < -0.39 is 0 Å². The average Bonchev–Trinajstić information content (AvgIpc) is 3.47. The molecule has 2 aliphatic rings. The first-order chi connectivity index (χ1) is 14.9. The molecule has 2 N–H and O–H groups in total. The van der Waals surface area contributed by atoms with Crippen molar-refractivity contribution in [1.82, 2.24) is 15.5 Å². The smallest absolute Gasteiger partial charge is 0.317 e. The minimum absolute atomic E-state index is 0.0143. The zero-order chi connectivity index (χ0) is 21.8. The molecule has 0 radical (unpaired) electrons. The molecule has 3 heterocycles. The van der Waals surface area contributed by atoms with Crippen LogP contribution in [-0.2, 0) is 16.8 Å². The predicted molar refractivity (Wildman–Crippen MR) is 114 cm³/mol. The van der Waals surface area contributed by atoms with Crippen molar-refractivity contribution in [1.29, 1.82) is 0 Å². The highest BCUT2D eigenvalue weighted by molar-refractivity contribution is 5.79. The third kappa shape index (κ3) is 4.95. The van der Waals surface area contributed by atoms with Crippen LogP contribution in [-0.4, -0.2) is 43.3 Å². The number of hydrogen-bond acceptors (Lipinski definition) is 5. The molecule has 1 fully saturated rings. The fraction of sp³-hybridized carbons (Fsp3) is 0.478. The van der Waals surface area contributed by atoms with Gasteiger partial charge in [-0.3, -0.25) is 4.79 Å². The van der Waals surface area contributed by atoms with E-state index in [1.165, 1.54) is 0 Å². The van der Waals surface area contributed by atoms with Crippen molar-refractivity contribution < 1.29 is 23.5 Å². The molecule has 2 aliphatic heterocycles. The van der Waals surface area contributed by atoms with Crippen LogP contribution in [0, 0.1) is 5.92 Å². The molecule has 8 nitrogen and oxygen atoms in total. The Labute approximate surface area is 181 Å². The van der Waals surface area contributed by atoms with E-state index in [1.807, 2.05) is 24.3 Å². The van der Waals surface area contributed by atoms with Crippen molar-refractivity contribution in [2.75, 3.05) is 26.4 Å². The van der Waals surface area contributed by atoms with Crippen LogP contribution < -0.4 is 20.1 Å². The lowest BCUT2D eigenvalue weighted by atomic mass is 9.84. The van der Waals surface area contributed by atoms with Gasteiger partial charge in [0.25, 0.3) is 0 Å². The number of nitrogens with one attached hydrogen (secondary N) is 2. The molecule has 0 unspecified atom stereocenters. The molecule has 0 spiro atoms. The van der Waals surface area contributed by atoms with Crippen LogP contribution in [0.2, 0.25) is 0 Å². The fourth-order valence-corrected chi connectivity index (χ4v) is 3.90. The Morgan fingerprint density at radius 2 is 1.87 bits per heavy atom. The van der Waals surface area contributed by atoms with Crippen LogP contribution in [0.4, 0.5) is 4.79 Å². The Hall–Kier alpha value is -3.16. The fourth-order valence-electron chi connectivity index (χ4n) is 3.90. The second-order valence-corrected chi connectivity index (χ2v) is 8.67. The molecule has 8 heteroatoms. The Bertz CT molecular complexity index is 917. The standard InChI is InChI=1S/C23H29N3O5/c1-23(2,17-5-6-19-20(12-17)31-15-30-19)14-25-22(28)26-9-7-16(8-10-26)21(27)24-13-18-4-3-11-29-18/h3-6,11-12,16H,7-10,13-15H2,1-2H3,(H,24,27)(H,25,28). The molecule has 31 heavy (non-hydrogen) atoms. The minimum Gasteiger partial charge on any atom is -0.467 e. The second-order valence-electron chi connectivity index (χ2n) is 8.67. The van der Waals surface area contributed by atoms with E-state index in [-0.39, 0.29) is 30.1 Å². The van der Waals surface area contributed by atoms with Gasteiger partial charge in [-0.25, -0.2) is 4.79 Å². The number of nitrogens with zero attached hydrogens (tertiary/aromatic N) is 1. The van der Waals surface area contributed by atoms with E-state index in [0.29, 0.717) is 39.0 Å². The maximum atomic E-state index is 12.7. The van der Waals surface area contributed by atoms with Crippen LogP contribution in [0.15, 0.2) is 41.0 Å². The highest BCUT2D eigenvalue weighted by Gasteiger charge is 2.29. The Morgan fingerprint density at radius 3 is 2.61 bits per heavy atom. The van der Waals surface area contributed by atoms with Crippen molar-refractivity contribution in [3.8, 4) is 11.5 Å². The highest BCUT2D eigenvalue weighted by atomic mass is 16.7. The number of hydrogen-bond donors (Lipinski definition) is 2. The lowest BCUT2D eigenvalue weighted by Gasteiger charge is -2.33. The maximum Gasteiger partial charge on any atom is 0.317 e. The highest BCUT2D eigenvalue weighted by Crippen LogP contribution is 2.36. The van der Waals surface area contributed by atoms with E-state index in [0.717, 1.165) is 22.8 Å². The van der Waals surface area contributed by atoms with Gasteiger partial charge >= 0.3 is 6.03 Å². The van der Waals surface area contributed by atoms with Gasteiger partial charge in [-0.2, -0.15) is 0 Å². The summed E-state index contributed by atoms with van der Waals surface area (Å²) in [5.41, 5.74) is 0.810. The topological polar surface area (TPSA) is 93.0 Å². The van der Waals surface area contributed by atoms with Gasteiger partial charge in [0, 0.05) is 31.0 Å². The average molecular weight is 428 g/mol. The van der Waals surface area contributed by atoms with Crippen LogP contribution in [0.3, 0.4) is 0 Å². The summed E-state index contributed by atoms with van der Waals surface area (Å²) in [6.45, 7) is 6.42. The maximum absolute atomic E-state index is 12.7. The SMILES string of the molecule is CC(C)(CNC(=O)N1CCC(C(=O)NCc2ccco2)CC1)c1ccc2c(c1)OCO2. The summed E-state index contributed by atoms with van der Waals surface area (Å²) < 4.78 is 16.1. The summed E-state index contributed by atoms with van der Waals surface area (Å²) in [4.78, 5) is 26.8. The Morgan fingerprint density at radius 1 is 1.10 bits per heavy atom. The van der Waals surface area contributed by atoms with Crippen molar-refractivity contribution >= 4 is 11.9 Å². The normalized spacial score (nSPS) is 16.3. The van der Waals surface area contributed by atoms with Gasteiger partial charge < -0.3 is 29.4 Å². The lowest BCUT2D eigenvalue weighted by molar-refractivity contribution is -0.126. The predicted octanol–water partition coefficient (Wildman–Crippen LogP) is 3.02. The number of fused-ring (bicyclic) bond motifs is 1. The van der Waals surface area contributed by atoms with Crippen LogP contribution >= 0.6 is 0 Å². The number of likely N-dealkylation sites (tertiary alicyclic amines) is 1. The van der Waals surface area contributed by atoms with E-state index in [4.69, 9.17) is 13.9 Å². The van der Waals surface area contributed by atoms with Crippen LogP contribution in [0.25, 0.3) is 0 Å². The summed E-state index contributed by atoms with van der Waals surface area (Å²) in [6.07, 6.45) is 2.90. The third-order valence-corrected chi connectivity index (χ3v) is 6.01. The van der Waals surface area contributed by atoms with E-state index in [9.17, 15) is 9.59 Å². The Balaban J connectivity index is 1.23. The van der Waals surface area contributed by atoms with Crippen molar-refractivity contribution in [2.45, 2.75) is 38.6 Å². The number of piperidine rings is 1. The third-order valence-electron chi connectivity index (χ3n) is 6.01. The van der Waals surface area contributed by atoms with Crippen LogP contribution in [0.1, 0.15) is 38.0 Å². The monoisotopic (exact) mass is 427 g/mol. The number of ether oxygens (including phenoxy) is 2.